The molecule has 94 valence electrons. The highest BCUT2D eigenvalue weighted by Gasteiger charge is 2.27. The topological polar surface area (TPSA) is 29.5 Å². The van der Waals surface area contributed by atoms with Crippen LogP contribution in [0.1, 0.15) is 39.5 Å². The molecule has 16 heavy (non-hydrogen) atoms. The lowest BCUT2D eigenvalue weighted by atomic mass is 10.1. The van der Waals surface area contributed by atoms with Crippen LogP contribution < -0.4 is 0 Å². The van der Waals surface area contributed by atoms with Crippen LogP contribution >= 0.6 is 0 Å². The second-order valence-electron chi connectivity index (χ2n) is 4.80. The third-order valence-corrected chi connectivity index (χ3v) is 3.68. The molecule has 0 aliphatic heterocycles. The molecule has 3 nitrogen and oxygen atoms in total. The van der Waals surface area contributed by atoms with E-state index in [0.29, 0.717) is 11.8 Å². The number of rotatable bonds is 7. The molecule has 1 aliphatic carbocycles. The van der Waals surface area contributed by atoms with Crippen LogP contribution in [0, 0.1) is 5.92 Å². The van der Waals surface area contributed by atoms with Crippen molar-refractivity contribution >= 4 is 5.78 Å². The van der Waals surface area contributed by atoms with Gasteiger partial charge in [-0.15, -0.1) is 0 Å². The van der Waals surface area contributed by atoms with Gasteiger partial charge in [-0.1, -0.05) is 6.92 Å². The van der Waals surface area contributed by atoms with Crippen molar-refractivity contribution in [2.75, 3.05) is 26.8 Å². The largest absolute Gasteiger partial charge is 0.383 e. The van der Waals surface area contributed by atoms with E-state index < -0.39 is 0 Å². The van der Waals surface area contributed by atoms with Crippen LogP contribution in [0.5, 0.6) is 0 Å². The highest BCUT2D eigenvalue weighted by atomic mass is 16.5. The van der Waals surface area contributed by atoms with Crippen molar-refractivity contribution in [1.82, 2.24) is 4.90 Å². The molecule has 1 saturated carbocycles. The molecule has 1 aliphatic rings. The lowest BCUT2D eigenvalue weighted by Gasteiger charge is -2.30. The lowest BCUT2D eigenvalue weighted by Crippen LogP contribution is -2.39. The number of carbonyl (C=O) groups is 1. The Balaban J connectivity index is 2.44. The van der Waals surface area contributed by atoms with Gasteiger partial charge in [-0.25, -0.2) is 0 Å². The molecule has 2 unspecified atom stereocenters. The normalized spacial score (nSPS) is 23.0. The minimum Gasteiger partial charge on any atom is -0.383 e. The van der Waals surface area contributed by atoms with Crippen LogP contribution in [-0.2, 0) is 9.53 Å². The van der Waals surface area contributed by atoms with Gasteiger partial charge in [-0.05, 0) is 26.2 Å². The maximum Gasteiger partial charge on any atom is 0.137 e. The SMILES string of the molecule is CCC(C)N(CCOC)CC1CCCC1=O. The van der Waals surface area contributed by atoms with Crippen LogP contribution in [0.3, 0.4) is 0 Å². The molecular weight excluding hydrogens is 202 g/mol. The molecule has 1 fully saturated rings. The third-order valence-electron chi connectivity index (χ3n) is 3.68. The van der Waals surface area contributed by atoms with Crippen molar-refractivity contribution in [3.05, 3.63) is 0 Å². The fraction of sp³-hybridized carbons (Fsp3) is 0.923. The van der Waals surface area contributed by atoms with Crippen molar-refractivity contribution in [3.63, 3.8) is 0 Å². The summed E-state index contributed by atoms with van der Waals surface area (Å²) in [6, 6.07) is 0.545. The van der Waals surface area contributed by atoms with Crippen LogP contribution in [0.4, 0.5) is 0 Å². The average molecular weight is 227 g/mol. The Bertz CT molecular complexity index is 218. The summed E-state index contributed by atoms with van der Waals surface area (Å²) in [5, 5.41) is 0. The Morgan fingerprint density at radius 1 is 1.56 bits per heavy atom. The molecular formula is C13H25NO2. The minimum absolute atomic E-state index is 0.283. The van der Waals surface area contributed by atoms with Crippen molar-refractivity contribution in [2.24, 2.45) is 5.92 Å². The number of hydrogen-bond donors (Lipinski definition) is 0. The Hall–Kier alpha value is -0.410. The van der Waals surface area contributed by atoms with E-state index in [-0.39, 0.29) is 5.92 Å². The number of hydrogen-bond acceptors (Lipinski definition) is 3. The smallest absolute Gasteiger partial charge is 0.137 e. The fourth-order valence-corrected chi connectivity index (χ4v) is 2.32. The molecule has 0 heterocycles. The zero-order valence-electron chi connectivity index (χ0n) is 10.9. The summed E-state index contributed by atoms with van der Waals surface area (Å²) in [5.41, 5.74) is 0. The molecule has 0 spiro atoms. The van der Waals surface area contributed by atoms with E-state index >= 15 is 0 Å². The monoisotopic (exact) mass is 227 g/mol. The highest BCUT2D eigenvalue weighted by Crippen LogP contribution is 2.23. The molecule has 0 aromatic heterocycles. The first kappa shape index (κ1) is 13.7. The molecule has 0 aromatic carbocycles. The number of ketones is 1. The van der Waals surface area contributed by atoms with Gasteiger partial charge in [0.25, 0.3) is 0 Å². The number of ether oxygens (including phenoxy) is 1. The molecule has 3 heteroatoms. The van der Waals surface area contributed by atoms with E-state index in [1.165, 1.54) is 0 Å². The van der Waals surface area contributed by atoms with Gasteiger partial charge in [0.15, 0.2) is 0 Å². The van der Waals surface area contributed by atoms with Crippen molar-refractivity contribution in [3.8, 4) is 0 Å². The lowest BCUT2D eigenvalue weighted by molar-refractivity contribution is -0.121. The number of carbonyl (C=O) groups excluding carboxylic acids is 1. The zero-order chi connectivity index (χ0) is 12.0. The summed E-state index contributed by atoms with van der Waals surface area (Å²) in [6.07, 6.45) is 4.09. The number of methoxy groups -OCH3 is 1. The second-order valence-corrected chi connectivity index (χ2v) is 4.80. The summed E-state index contributed by atoms with van der Waals surface area (Å²) >= 11 is 0. The van der Waals surface area contributed by atoms with Crippen LogP contribution in [-0.4, -0.2) is 43.5 Å². The highest BCUT2D eigenvalue weighted by molar-refractivity contribution is 5.83. The maximum atomic E-state index is 11.6. The molecule has 0 amide bonds. The van der Waals surface area contributed by atoms with Gasteiger partial charge in [0, 0.05) is 38.6 Å². The third kappa shape index (κ3) is 3.87. The standard InChI is InChI=1S/C13H25NO2/c1-4-11(2)14(8-9-16-3)10-12-6-5-7-13(12)15/h11-12H,4-10H2,1-3H3. The predicted molar refractivity (Wildman–Crippen MR) is 65.6 cm³/mol. The Kier molecular flexibility index (Phi) is 5.99. The van der Waals surface area contributed by atoms with Crippen molar-refractivity contribution < 1.29 is 9.53 Å². The summed E-state index contributed by atoms with van der Waals surface area (Å²) < 4.78 is 5.13. The molecule has 0 bridgehead atoms. The first-order chi connectivity index (χ1) is 7.69. The second kappa shape index (κ2) is 7.02. The van der Waals surface area contributed by atoms with E-state index in [1.807, 2.05) is 0 Å². The zero-order valence-corrected chi connectivity index (χ0v) is 10.9. The maximum absolute atomic E-state index is 11.6. The van der Waals surface area contributed by atoms with E-state index in [1.54, 1.807) is 7.11 Å². The first-order valence-corrected chi connectivity index (χ1v) is 6.44. The van der Waals surface area contributed by atoms with Crippen molar-refractivity contribution in [1.29, 1.82) is 0 Å². The van der Waals surface area contributed by atoms with Crippen LogP contribution in [0.25, 0.3) is 0 Å². The van der Waals surface area contributed by atoms with Crippen molar-refractivity contribution in [2.45, 2.75) is 45.6 Å². The fourth-order valence-electron chi connectivity index (χ4n) is 2.32. The quantitative estimate of drug-likeness (QED) is 0.667. The summed E-state index contributed by atoms with van der Waals surface area (Å²) in [4.78, 5) is 14.0. The Labute approximate surface area is 99.1 Å². The van der Waals surface area contributed by atoms with Gasteiger partial charge in [-0.2, -0.15) is 0 Å². The Morgan fingerprint density at radius 3 is 2.81 bits per heavy atom. The molecule has 0 aromatic rings. The average Bonchev–Trinajstić information content (AvgIpc) is 2.69. The van der Waals surface area contributed by atoms with Crippen LogP contribution in [0.15, 0.2) is 0 Å². The summed E-state index contributed by atoms with van der Waals surface area (Å²) in [5.74, 6) is 0.747. The van der Waals surface area contributed by atoms with Gasteiger partial charge in [-0.3, -0.25) is 9.69 Å². The molecule has 0 N–H and O–H groups in total. The van der Waals surface area contributed by atoms with E-state index in [4.69, 9.17) is 4.74 Å². The number of Topliss-reactive ketones (excluding diaryl/α,β-unsaturated/α-hetero) is 1. The predicted octanol–water partition coefficient (Wildman–Crippen LogP) is 2.10. The molecule has 2 atom stereocenters. The molecule has 1 rings (SSSR count). The van der Waals surface area contributed by atoms with Gasteiger partial charge in [0.05, 0.1) is 6.61 Å². The Morgan fingerprint density at radius 2 is 2.31 bits per heavy atom. The molecule has 0 saturated heterocycles. The van der Waals surface area contributed by atoms with Gasteiger partial charge in [0.1, 0.15) is 5.78 Å². The molecule has 0 radical (unpaired) electrons. The minimum atomic E-state index is 0.283. The summed E-state index contributed by atoms with van der Waals surface area (Å²) in [6.45, 7) is 7.05. The van der Waals surface area contributed by atoms with E-state index in [9.17, 15) is 4.79 Å². The van der Waals surface area contributed by atoms with Crippen LogP contribution in [0.2, 0.25) is 0 Å². The van der Waals surface area contributed by atoms with Gasteiger partial charge >= 0.3 is 0 Å². The van der Waals surface area contributed by atoms with Gasteiger partial charge < -0.3 is 4.74 Å². The number of nitrogens with zero attached hydrogens (tertiary/aromatic N) is 1. The summed E-state index contributed by atoms with van der Waals surface area (Å²) in [7, 11) is 1.73. The van der Waals surface area contributed by atoms with E-state index in [0.717, 1.165) is 45.4 Å². The first-order valence-electron chi connectivity index (χ1n) is 6.44. The van der Waals surface area contributed by atoms with Gasteiger partial charge in [0.2, 0.25) is 0 Å². The van der Waals surface area contributed by atoms with E-state index in [2.05, 4.69) is 18.7 Å².